The number of piperidine rings is 1. The van der Waals surface area contributed by atoms with Gasteiger partial charge >= 0.3 is 0 Å². The average molecular weight is 498 g/mol. The quantitative estimate of drug-likeness (QED) is 0.351. The molecule has 8 heteroatoms. The summed E-state index contributed by atoms with van der Waals surface area (Å²) in [6.07, 6.45) is 3.19. The van der Waals surface area contributed by atoms with Crippen LogP contribution in [0.1, 0.15) is 29.6 Å². The van der Waals surface area contributed by atoms with Gasteiger partial charge in [-0.25, -0.2) is 0 Å². The lowest BCUT2D eigenvalue weighted by Crippen LogP contribution is -2.36. The number of anilines is 1. The Labute approximate surface area is 214 Å². The van der Waals surface area contributed by atoms with Gasteiger partial charge in [0.2, 0.25) is 5.91 Å². The van der Waals surface area contributed by atoms with Crippen molar-refractivity contribution in [2.75, 3.05) is 24.2 Å². The van der Waals surface area contributed by atoms with Crippen LogP contribution in [0.25, 0.3) is 17.1 Å². The van der Waals surface area contributed by atoms with Gasteiger partial charge in [-0.1, -0.05) is 72.4 Å². The summed E-state index contributed by atoms with van der Waals surface area (Å²) in [7, 11) is 0. The molecule has 0 spiro atoms. The van der Waals surface area contributed by atoms with E-state index in [2.05, 4.69) is 15.5 Å². The van der Waals surface area contributed by atoms with E-state index in [1.807, 2.05) is 82.3 Å². The standard InChI is InChI=1S/C28H27N5O2S/c34-25(29-24-17-9-8-16-23(24)27(35)32-18-10-3-11-19-32)20-36-28-31-30-26(21-12-4-1-5-13-21)33(28)22-14-6-2-7-15-22/h1-2,4-9,12-17H,3,10-11,18-20H2,(H,29,34). The summed E-state index contributed by atoms with van der Waals surface area (Å²) in [6, 6.07) is 26.9. The fraction of sp³-hybridized carbons (Fsp3) is 0.214. The maximum Gasteiger partial charge on any atom is 0.255 e. The number of hydrogen-bond acceptors (Lipinski definition) is 5. The number of nitrogens with zero attached hydrogens (tertiary/aromatic N) is 4. The predicted molar refractivity (Wildman–Crippen MR) is 142 cm³/mol. The van der Waals surface area contributed by atoms with Crippen molar-refractivity contribution < 1.29 is 9.59 Å². The summed E-state index contributed by atoms with van der Waals surface area (Å²) in [5.41, 5.74) is 2.92. The van der Waals surface area contributed by atoms with Gasteiger partial charge in [0, 0.05) is 24.3 Å². The third-order valence-electron chi connectivity index (χ3n) is 6.09. The minimum Gasteiger partial charge on any atom is -0.339 e. The number of rotatable bonds is 7. The van der Waals surface area contributed by atoms with E-state index in [1.54, 1.807) is 12.1 Å². The lowest BCUT2D eigenvalue weighted by atomic mass is 10.1. The molecule has 2 heterocycles. The maximum atomic E-state index is 13.1. The fourth-order valence-corrected chi connectivity index (χ4v) is 5.06. The lowest BCUT2D eigenvalue weighted by molar-refractivity contribution is -0.113. The number of carbonyl (C=O) groups is 2. The number of thioether (sulfide) groups is 1. The van der Waals surface area contributed by atoms with E-state index in [0.29, 0.717) is 22.2 Å². The average Bonchev–Trinajstić information content (AvgIpc) is 3.37. The van der Waals surface area contributed by atoms with E-state index in [9.17, 15) is 9.59 Å². The van der Waals surface area contributed by atoms with Crippen LogP contribution in [-0.4, -0.2) is 50.3 Å². The highest BCUT2D eigenvalue weighted by Gasteiger charge is 2.22. The minimum absolute atomic E-state index is 0.0328. The van der Waals surface area contributed by atoms with E-state index >= 15 is 0 Å². The molecule has 7 nitrogen and oxygen atoms in total. The van der Waals surface area contributed by atoms with Crippen molar-refractivity contribution in [2.24, 2.45) is 0 Å². The molecule has 1 aliphatic heterocycles. The van der Waals surface area contributed by atoms with Crippen LogP contribution in [0.4, 0.5) is 5.69 Å². The predicted octanol–water partition coefficient (Wildman–Crippen LogP) is 5.29. The smallest absolute Gasteiger partial charge is 0.255 e. The van der Waals surface area contributed by atoms with E-state index in [0.717, 1.165) is 43.6 Å². The number of amides is 2. The minimum atomic E-state index is -0.206. The first-order valence-corrected chi connectivity index (χ1v) is 13.1. The second kappa shape index (κ2) is 11.2. The van der Waals surface area contributed by atoms with Crippen molar-refractivity contribution >= 4 is 29.3 Å². The largest absolute Gasteiger partial charge is 0.339 e. The molecule has 0 bridgehead atoms. The highest BCUT2D eigenvalue weighted by molar-refractivity contribution is 7.99. The number of nitrogens with one attached hydrogen (secondary N) is 1. The second-order valence-corrected chi connectivity index (χ2v) is 9.52. The molecule has 1 N–H and O–H groups in total. The molecule has 2 amide bonds. The van der Waals surface area contributed by atoms with E-state index < -0.39 is 0 Å². The summed E-state index contributed by atoms with van der Waals surface area (Å²) in [6.45, 7) is 1.52. The van der Waals surface area contributed by atoms with Gasteiger partial charge in [0.25, 0.3) is 5.91 Å². The van der Waals surface area contributed by atoms with Crippen molar-refractivity contribution in [3.05, 3.63) is 90.5 Å². The van der Waals surface area contributed by atoms with Crippen molar-refractivity contribution in [1.82, 2.24) is 19.7 Å². The van der Waals surface area contributed by atoms with Crippen LogP contribution in [0.5, 0.6) is 0 Å². The highest BCUT2D eigenvalue weighted by Crippen LogP contribution is 2.28. The van der Waals surface area contributed by atoms with Gasteiger partial charge in [-0.2, -0.15) is 0 Å². The summed E-state index contributed by atoms with van der Waals surface area (Å²) in [5, 5.41) is 12.4. The molecule has 0 atom stereocenters. The van der Waals surface area contributed by atoms with Gasteiger partial charge < -0.3 is 10.2 Å². The molecular formula is C28H27N5O2S. The summed E-state index contributed by atoms with van der Waals surface area (Å²) < 4.78 is 1.96. The molecule has 5 rings (SSSR count). The van der Waals surface area contributed by atoms with E-state index in [1.165, 1.54) is 11.8 Å². The first-order chi connectivity index (χ1) is 17.7. The molecule has 36 heavy (non-hydrogen) atoms. The van der Waals surface area contributed by atoms with Crippen LogP contribution in [0.3, 0.4) is 0 Å². The van der Waals surface area contributed by atoms with Crippen LogP contribution in [0.15, 0.2) is 90.1 Å². The van der Waals surface area contributed by atoms with Crippen molar-refractivity contribution in [3.63, 3.8) is 0 Å². The summed E-state index contributed by atoms with van der Waals surface area (Å²) in [4.78, 5) is 27.9. The fourth-order valence-electron chi connectivity index (χ4n) is 4.31. The number of carbonyl (C=O) groups excluding carboxylic acids is 2. The zero-order valence-electron chi connectivity index (χ0n) is 19.8. The SMILES string of the molecule is O=C(CSc1nnc(-c2ccccc2)n1-c1ccccc1)Nc1ccccc1C(=O)N1CCCCC1. The Balaban J connectivity index is 1.33. The molecular weight excluding hydrogens is 470 g/mol. The number of hydrogen-bond donors (Lipinski definition) is 1. The summed E-state index contributed by atoms with van der Waals surface area (Å²) in [5.74, 6) is 0.603. The maximum absolute atomic E-state index is 13.1. The summed E-state index contributed by atoms with van der Waals surface area (Å²) >= 11 is 1.31. The van der Waals surface area contributed by atoms with Crippen LogP contribution < -0.4 is 5.32 Å². The first-order valence-electron chi connectivity index (χ1n) is 12.1. The normalized spacial score (nSPS) is 13.4. The lowest BCUT2D eigenvalue weighted by Gasteiger charge is -2.27. The van der Waals surface area contributed by atoms with Crippen LogP contribution in [0.2, 0.25) is 0 Å². The van der Waals surface area contributed by atoms with E-state index in [-0.39, 0.29) is 17.6 Å². The van der Waals surface area contributed by atoms with Crippen molar-refractivity contribution in [3.8, 4) is 17.1 Å². The molecule has 3 aromatic carbocycles. The highest BCUT2D eigenvalue weighted by atomic mass is 32.2. The van der Waals surface area contributed by atoms with Crippen LogP contribution in [-0.2, 0) is 4.79 Å². The monoisotopic (exact) mass is 497 g/mol. The van der Waals surface area contributed by atoms with Crippen molar-refractivity contribution in [2.45, 2.75) is 24.4 Å². The first kappa shape index (κ1) is 23.8. The molecule has 4 aromatic rings. The Bertz CT molecular complexity index is 1330. The molecule has 0 radical (unpaired) electrons. The Morgan fingerprint density at radius 3 is 2.22 bits per heavy atom. The topological polar surface area (TPSA) is 80.1 Å². The van der Waals surface area contributed by atoms with Crippen LogP contribution >= 0.6 is 11.8 Å². The number of para-hydroxylation sites is 2. The zero-order chi connectivity index (χ0) is 24.7. The Morgan fingerprint density at radius 1 is 0.806 bits per heavy atom. The molecule has 0 aliphatic carbocycles. The third-order valence-corrected chi connectivity index (χ3v) is 7.02. The Morgan fingerprint density at radius 2 is 1.47 bits per heavy atom. The second-order valence-electron chi connectivity index (χ2n) is 8.58. The van der Waals surface area contributed by atoms with Gasteiger partial charge in [0.1, 0.15) is 0 Å². The molecule has 1 saturated heterocycles. The molecule has 0 saturated carbocycles. The molecule has 0 unspecified atom stereocenters. The molecule has 1 aromatic heterocycles. The van der Waals surface area contributed by atoms with E-state index in [4.69, 9.17) is 0 Å². The van der Waals surface area contributed by atoms with Crippen molar-refractivity contribution in [1.29, 1.82) is 0 Å². The number of aromatic nitrogens is 3. The number of likely N-dealkylation sites (tertiary alicyclic amines) is 1. The third kappa shape index (κ3) is 5.33. The molecule has 182 valence electrons. The van der Waals surface area contributed by atoms with Gasteiger partial charge in [0.15, 0.2) is 11.0 Å². The number of benzene rings is 3. The van der Waals surface area contributed by atoms with Gasteiger partial charge in [-0.05, 0) is 43.5 Å². The van der Waals surface area contributed by atoms with Crippen LogP contribution in [0, 0.1) is 0 Å². The Hall–Kier alpha value is -3.91. The van der Waals surface area contributed by atoms with Gasteiger partial charge in [-0.15, -0.1) is 10.2 Å². The zero-order valence-corrected chi connectivity index (χ0v) is 20.7. The molecule has 1 aliphatic rings. The van der Waals surface area contributed by atoms with Gasteiger partial charge in [-0.3, -0.25) is 14.2 Å². The van der Waals surface area contributed by atoms with Gasteiger partial charge in [0.05, 0.1) is 17.0 Å². The Kier molecular flexibility index (Phi) is 7.42. The molecule has 1 fully saturated rings.